The number of hydrogen-bond donors (Lipinski definition) is 1. The molecule has 1 aliphatic rings. The van der Waals surface area contributed by atoms with Gasteiger partial charge in [-0.15, -0.1) is 11.3 Å². The quantitative estimate of drug-likeness (QED) is 0.663. The Balaban J connectivity index is 1.68. The van der Waals surface area contributed by atoms with Gasteiger partial charge in [-0.25, -0.2) is 4.99 Å². The van der Waals surface area contributed by atoms with Crippen molar-refractivity contribution in [2.45, 2.75) is 25.7 Å². The number of para-hydroxylation sites is 1. The lowest BCUT2D eigenvalue weighted by Gasteiger charge is -2.12. The molecule has 1 aliphatic carbocycles. The van der Waals surface area contributed by atoms with Gasteiger partial charge in [-0.2, -0.15) is 0 Å². The molecule has 2 heterocycles. The van der Waals surface area contributed by atoms with E-state index in [9.17, 15) is 4.79 Å². The van der Waals surface area contributed by atoms with Crippen LogP contribution in [0.25, 0.3) is 0 Å². The van der Waals surface area contributed by atoms with E-state index >= 15 is 0 Å². The van der Waals surface area contributed by atoms with Crippen LogP contribution in [-0.4, -0.2) is 17.1 Å². The van der Waals surface area contributed by atoms with E-state index in [2.05, 4.69) is 15.3 Å². The number of carbonyl (C=O) groups excluding carboxylic acids is 1. The van der Waals surface area contributed by atoms with E-state index in [0.717, 1.165) is 41.1 Å². The van der Waals surface area contributed by atoms with Gasteiger partial charge in [-0.3, -0.25) is 9.78 Å². The van der Waals surface area contributed by atoms with Gasteiger partial charge in [0, 0.05) is 34.7 Å². The van der Waals surface area contributed by atoms with Crippen molar-refractivity contribution in [3.8, 4) is 0 Å². The molecule has 26 heavy (non-hydrogen) atoms. The molecule has 1 amide bonds. The highest BCUT2D eigenvalue weighted by atomic mass is 32.1. The number of aromatic nitrogens is 1. The Morgan fingerprint density at radius 1 is 1.12 bits per heavy atom. The summed E-state index contributed by atoms with van der Waals surface area (Å²) in [5.74, 6) is -0.0751. The van der Waals surface area contributed by atoms with Crippen molar-refractivity contribution >= 4 is 34.1 Å². The SMILES string of the molecule is O=C(Nc1ccccc1)c1c(N=Cc2cccnc2)sc2c1CCCC2. The van der Waals surface area contributed by atoms with E-state index in [1.165, 1.54) is 16.9 Å². The third-order valence-electron chi connectivity index (χ3n) is 4.43. The monoisotopic (exact) mass is 361 g/mol. The summed E-state index contributed by atoms with van der Waals surface area (Å²) in [4.78, 5) is 23.0. The van der Waals surface area contributed by atoms with E-state index in [0.29, 0.717) is 0 Å². The maximum Gasteiger partial charge on any atom is 0.259 e. The predicted molar refractivity (Wildman–Crippen MR) is 107 cm³/mol. The number of aryl methyl sites for hydroxylation is 1. The molecule has 0 unspecified atom stereocenters. The molecule has 4 rings (SSSR count). The zero-order valence-electron chi connectivity index (χ0n) is 14.3. The molecule has 0 bridgehead atoms. The molecule has 1 N–H and O–H groups in total. The second kappa shape index (κ2) is 7.62. The van der Waals surface area contributed by atoms with Crippen molar-refractivity contribution in [3.05, 3.63) is 76.4 Å². The zero-order valence-corrected chi connectivity index (χ0v) is 15.1. The molecular formula is C21H19N3OS. The molecule has 1 aromatic carbocycles. The number of anilines is 1. The number of pyridine rings is 1. The Morgan fingerprint density at radius 2 is 1.96 bits per heavy atom. The van der Waals surface area contributed by atoms with Crippen LogP contribution < -0.4 is 5.32 Å². The third-order valence-corrected chi connectivity index (χ3v) is 5.63. The molecule has 2 aromatic heterocycles. The number of aliphatic imine (C=N–C) groups is 1. The highest BCUT2D eigenvalue weighted by Crippen LogP contribution is 2.40. The first-order valence-corrected chi connectivity index (χ1v) is 9.58. The fourth-order valence-electron chi connectivity index (χ4n) is 3.18. The van der Waals surface area contributed by atoms with Gasteiger partial charge in [0.25, 0.3) is 5.91 Å². The van der Waals surface area contributed by atoms with Crippen molar-refractivity contribution in [1.82, 2.24) is 4.98 Å². The number of carbonyl (C=O) groups is 1. The van der Waals surface area contributed by atoms with Crippen molar-refractivity contribution in [2.24, 2.45) is 4.99 Å². The standard InChI is InChI=1S/C21H19N3OS/c25-20(24-16-8-2-1-3-9-16)19-17-10-4-5-11-18(17)26-21(19)23-14-15-7-6-12-22-13-15/h1-3,6-9,12-14H,4-5,10-11H2,(H,24,25). The van der Waals surface area contributed by atoms with E-state index in [1.807, 2.05) is 42.5 Å². The van der Waals surface area contributed by atoms with Crippen molar-refractivity contribution in [3.63, 3.8) is 0 Å². The summed E-state index contributed by atoms with van der Waals surface area (Å²) >= 11 is 1.64. The number of thiophene rings is 1. The molecule has 0 radical (unpaired) electrons. The largest absolute Gasteiger partial charge is 0.322 e. The normalized spacial score (nSPS) is 13.5. The Hall–Kier alpha value is -2.79. The Labute approximate surface area is 156 Å². The minimum atomic E-state index is -0.0751. The first kappa shape index (κ1) is 16.7. The van der Waals surface area contributed by atoms with Gasteiger partial charge in [0.2, 0.25) is 0 Å². The summed E-state index contributed by atoms with van der Waals surface area (Å²) < 4.78 is 0. The number of nitrogens with one attached hydrogen (secondary N) is 1. The van der Waals surface area contributed by atoms with Crippen LogP contribution in [0.2, 0.25) is 0 Å². The lowest BCUT2D eigenvalue weighted by atomic mass is 9.95. The Morgan fingerprint density at radius 3 is 2.77 bits per heavy atom. The summed E-state index contributed by atoms with van der Waals surface area (Å²) in [7, 11) is 0. The minimum Gasteiger partial charge on any atom is -0.322 e. The fraction of sp³-hybridized carbons (Fsp3) is 0.190. The summed E-state index contributed by atoms with van der Waals surface area (Å²) in [5.41, 5.74) is 3.63. The molecule has 0 aliphatic heterocycles. The zero-order chi connectivity index (χ0) is 17.8. The second-order valence-electron chi connectivity index (χ2n) is 6.26. The summed E-state index contributed by atoms with van der Waals surface area (Å²) in [6, 6.07) is 13.4. The predicted octanol–water partition coefficient (Wildman–Crippen LogP) is 5.02. The number of amides is 1. The summed E-state index contributed by atoms with van der Waals surface area (Å²) in [6.07, 6.45) is 9.57. The number of hydrogen-bond acceptors (Lipinski definition) is 4. The molecule has 0 atom stereocenters. The van der Waals surface area contributed by atoms with Crippen molar-refractivity contribution < 1.29 is 4.79 Å². The van der Waals surface area contributed by atoms with Crippen LogP contribution in [0.3, 0.4) is 0 Å². The molecule has 0 fully saturated rings. The lowest BCUT2D eigenvalue weighted by molar-refractivity contribution is 0.102. The minimum absolute atomic E-state index is 0.0751. The molecule has 0 saturated heterocycles. The lowest BCUT2D eigenvalue weighted by Crippen LogP contribution is -2.14. The van der Waals surface area contributed by atoms with Crippen LogP contribution >= 0.6 is 11.3 Å². The van der Waals surface area contributed by atoms with Crippen molar-refractivity contribution in [2.75, 3.05) is 5.32 Å². The smallest absolute Gasteiger partial charge is 0.259 e. The highest BCUT2D eigenvalue weighted by Gasteiger charge is 2.25. The third kappa shape index (κ3) is 3.58. The first-order valence-electron chi connectivity index (χ1n) is 8.76. The van der Waals surface area contributed by atoms with Crippen LogP contribution in [0.4, 0.5) is 10.7 Å². The average Bonchev–Trinajstić information content (AvgIpc) is 3.06. The molecule has 0 spiro atoms. The van der Waals surface area contributed by atoms with Crippen LogP contribution in [0.15, 0.2) is 59.9 Å². The molecule has 3 aromatic rings. The van der Waals surface area contributed by atoms with Gasteiger partial charge in [-0.05, 0) is 49.4 Å². The highest BCUT2D eigenvalue weighted by molar-refractivity contribution is 7.16. The summed E-state index contributed by atoms with van der Waals surface area (Å²) in [5, 5.41) is 3.80. The topological polar surface area (TPSA) is 54.4 Å². The Kier molecular flexibility index (Phi) is 4.88. The van der Waals surface area contributed by atoms with E-state index in [4.69, 9.17) is 0 Å². The number of benzene rings is 1. The molecule has 0 saturated carbocycles. The first-order chi connectivity index (χ1) is 12.8. The average molecular weight is 361 g/mol. The number of fused-ring (bicyclic) bond motifs is 1. The van der Waals surface area contributed by atoms with Gasteiger partial charge in [-0.1, -0.05) is 24.3 Å². The van der Waals surface area contributed by atoms with Gasteiger partial charge in [0.15, 0.2) is 0 Å². The number of nitrogens with zero attached hydrogens (tertiary/aromatic N) is 2. The molecule has 4 nitrogen and oxygen atoms in total. The maximum absolute atomic E-state index is 13.0. The van der Waals surface area contributed by atoms with Crippen molar-refractivity contribution in [1.29, 1.82) is 0 Å². The van der Waals surface area contributed by atoms with Gasteiger partial charge < -0.3 is 5.32 Å². The van der Waals surface area contributed by atoms with Crippen LogP contribution in [0.1, 0.15) is 39.2 Å². The van der Waals surface area contributed by atoms with Crippen LogP contribution in [0, 0.1) is 0 Å². The Bertz CT molecular complexity index is 933. The molecule has 5 heteroatoms. The van der Waals surface area contributed by atoms with Crippen LogP contribution in [-0.2, 0) is 12.8 Å². The van der Waals surface area contributed by atoms with E-state index in [-0.39, 0.29) is 5.91 Å². The fourth-order valence-corrected chi connectivity index (χ4v) is 4.41. The summed E-state index contributed by atoms with van der Waals surface area (Å²) in [6.45, 7) is 0. The molecular weight excluding hydrogens is 342 g/mol. The van der Waals surface area contributed by atoms with Gasteiger partial charge in [0.1, 0.15) is 5.00 Å². The molecule has 130 valence electrons. The second-order valence-corrected chi connectivity index (χ2v) is 7.34. The maximum atomic E-state index is 13.0. The van der Waals surface area contributed by atoms with Crippen LogP contribution in [0.5, 0.6) is 0 Å². The van der Waals surface area contributed by atoms with E-state index in [1.54, 1.807) is 29.9 Å². The van der Waals surface area contributed by atoms with Gasteiger partial charge >= 0.3 is 0 Å². The van der Waals surface area contributed by atoms with E-state index < -0.39 is 0 Å². The van der Waals surface area contributed by atoms with Gasteiger partial charge in [0.05, 0.1) is 5.56 Å². The number of rotatable bonds is 4.